The van der Waals surface area contributed by atoms with Crippen LogP contribution in [-0.4, -0.2) is 37.2 Å². The summed E-state index contributed by atoms with van der Waals surface area (Å²) in [5.74, 6) is -0.965. The van der Waals surface area contributed by atoms with E-state index in [0.717, 1.165) is 116 Å². The summed E-state index contributed by atoms with van der Waals surface area (Å²) in [6, 6.07) is 0. The highest BCUT2D eigenvalue weighted by molar-refractivity contribution is 5.71. The van der Waals surface area contributed by atoms with Crippen LogP contribution in [0.5, 0.6) is 0 Å². The molecule has 0 fully saturated rings. The molecule has 6 nitrogen and oxygen atoms in total. The second kappa shape index (κ2) is 45.6. The fraction of sp³-hybridized carbons (Fsp3) is 0.706. The summed E-state index contributed by atoms with van der Waals surface area (Å²) in [6.45, 7) is 6.39. The van der Waals surface area contributed by atoms with Gasteiger partial charge in [-0.3, -0.25) is 14.4 Å². The van der Waals surface area contributed by atoms with Gasteiger partial charge in [0.25, 0.3) is 0 Å². The van der Waals surface area contributed by atoms with Crippen molar-refractivity contribution < 1.29 is 28.6 Å². The van der Waals surface area contributed by atoms with E-state index in [1.807, 2.05) is 6.08 Å². The third-order valence-corrected chi connectivity index (χ3v) is 9.75. The third kappa shape index (κ3) is 43.8. The normalized spacial score (nSPS) is 12.7. The summed E-state index contributed by atoms with van der Waals surface area (Å²) in [5.41, 5.74) is 0. The number of esters is 3. The zero-order chi connectivity index (χ0) is 41.5. The van der Waals surface area contributed by atoms with Crippen LogP contribution >= 0.6 is 0 Å². The van der Waals surface area contributed by atoms with E-state index < -0.39 is 6.10 Å². The van der Waals surface area contributed by atoms with Crippen LogP contribution in [0.25, 0.3) is 0 Å². The number of hydrogen-bond donors (Lipinski definition) is 0. The van der Waals surface area contributed by atoms with Crippen LogP contribution in [-0.2, 0) is 28.6 Å². The van der Waals surface area contributed by atoms with Crippen molar-refractivity contribution in [1.29, 1.82) is 0 Å². The van der Waals surface area contributed by atoms with E-state index >= 15 is 0 Å². The lowest BCUT2D eigenvalue weighted by Crippen LogP contribution is -2.30. The molecule has 0 aromatic rings. The molecule has 0 heterocycles. The summed E-state index contributed by atoms with van der Waals surface area (Å²) < 4.78 is 16.7. The average molecular weight is 795 g/mol. The van der Waals surface area contributed by atoms with Gasteiger partial charge in [-0.2, -0.15) is 0 Å². The van der Waals surface area contributed by atoms with Gasteiger partial charge in [-0.05, 0) is 83.5 Å². The number of rotatable bonds is 41. The van der Waals surface area contributed by atoms with Crippen molar-refractivity contribution in [2.24, 2.45) is 0 Å². The quantitative estimate of drug-likeness (QED) is 0.0202. The molecular weight excluding hydrogens is 709 g/mol. The van der Waals surface area contributed by atoms with Gasteiger partial charge in [0.15, 0.2) is 6.10 Å². The Bertz CT molecular complexity index is 1100. The summed E-state index contributed by atoms with van der Waals surface area (Å²) in [5, 5.41) is 0. The van der Waals surface area contributed by atoms with Crippen molar-refractivity contribution >= 4 is 17.9 Å². The van der Waals surface area contributed by atoms with Crippen molar-refractivity contribution in [3.63, 3.8) is 0 Å². The van der Waals surface area contributed by atoms with Crippen LogP contribution in [0.15, 0.2) is 72.9 Å². The molecule has 0 saturated carbocycles. The number of hydrogen-bond acceptors (Lipinski definition) is 6. The highest BCUT2D eigenvalue weighted by atomic mass is 16.6. The SMILES string of the molecule is CC\C=C/C=C\C=C/CCCCCCCC(=O)OC(COC(=O)CCCCC/C=C\C=C/CCCCCCCCC)COC(=O)CCCCCC/C=C\CCCC. The van der Waals surface area contributed by atoms with Gasteiger partial charge in [0.1, 0.15) is 13.2 Å². The average Bonchev–Trinajstić information content (AvgIpc) is 3.21. The van der Waals surface area contributed by atoms with Gasteiger partial charge in [0.2, 0.25) is 0 Å². The molecule has 57 heavy (non-hydrogen) atoms. The minimum absolute atomic E-state index is 0.0994. The molecule has 0 aliphatic carbocycles. The highest BCUT2D eigenvalue weighted by Crippen LogP contribution is 2.13. The van der Waals surface area contributed by atoms with Gasteiger partial charge >= 0.3 is 17.9 Å². The van der Waals surface area contributed by atoms with Crippen molar-refractivity contribution in [3.8, 4) is 0 Å². The van der Waals surface area contributed by atoms with Gasteiger partial charge in [0.05, 0.1) is 0 Å². The molecule has 0 N–H and O–H groups in total. The van der Waals surface area contributed by atoms with Crippen LogP contribution in [0.3, 0.4) is 0 Å². The number of carbonyl (C=O) groups excluding carboxylic acids is 3. The smallest absolute Gasteiger partial charge is 0.306 e. The molecule has 1 atom stereocenters. The number of carbonyl (C=O) groups is 3. The molecule has 0 aliphatic heterocycles. The van der Waals surface area contributed by atoms with Gasteiger partial charge in [-0.15, -0.1) is 0 Å². The molecule has 0 radical (unpaired) electrons. The fourth-order valence-corrected chi connectivity index (χ4v) is 6.18. The molecule has 0 aliphatic rings. The Morgan fingerprint density at radius 2 is 0.719 bits per heavy atom. The van der Waals surface area contributed by atoms with Crippen LogP contribution in [0, 0.1) is 0 Å². The van der Waals surface area contributed by atoms with E-state index in [0.29, 0.717) is 19.3 Å². The molecule has 0 aromatic heterocycles. The molecule has 0 rings (SSSR count). The zero-order valence-electron chi connectivity index (χ0n) is 37.1. The molecule has 0 amide bonds. The molecule has 1 unspecified atom stereocenters. The largest absolute Gasteiger partial charge is 0.462 e. The Morgan fingerprint density at radius 3 is 1.19 bits per heavy atom. The third-order valence-electron chi connectivity index (χ3n) is 9.75. The fourth-order valence-electron chi connectivity index (χ4n) is 6.18. The molecular formula is C51H86O6. The first-order valence-electron chi connectivity index (χ1n) is 23.5. The van der Waals surface area contributed by atoms with E-state index in [1.54, 1.807) is 0 Å². The lowest BCUT2D eigenvalue weighted by Gasteiger charge is -2.18. The lowest BCUT2D eigenvalue weighted by atomic mass is 10.1. The summed E-state index contributed by atoms with van der Waals surface area (Å²) >= 11 is 0. The first-order valence-corrected chi connectivity index (χ1v) is 23.5. The number of ether oxygens (including phenoxy) is 3. The van der Waals surface area contributed by atoms with Crippen molar-refractivity contribution in [1.82, 2.24) is 0 Å². The standard InChI is InChI=1S/C51H86O6/c1-4-7-10-13-16-19-22-24-25-26-28-29-32-35-38-41-44-50(53)56-47-48(46-55-49(52)43-40-37-34-31-21-18-15-12-9-6-3)57-51(54)45-42-39-36-33-30-27-23-20-17-14-11-8-5-2/h8,11,14-15,17-18,20,23,25-26,28-29,48H,4-7,9-10,12-13,16,19,21-22,24,27,30-47H2,1-3H3/b11-8-,17-14-,18-15-,23-20-,26-25-,29-28-. The van der Waals surface area contributed by atoms with E-state index in [9.17, 15) is 14.4 Å². The maximum atomic E-state index is 12.7. The van der Waals surface area contributed by atoms with E-state index in [4.69, 9.17) is 14.2 Å². The predicted octanol–water partition coefficient (Wildman–Crippen LogP) is 15.1. The minimum Gasteiger partial charge on any atom is -0.462 e. The van der Waals surface area contributed by atoms with E-state index in [1.165, 1.54) is 57.8 Å². The maximum Gasteiger partial charge on any atom is 0.306 e. The summed E-state index contributed by atoms with van der Waals surface area (Å²) in [7, 11) is 0. The Labute approximate surface area is 351 Å². The van der Waals surface area contributed by atoms with Crippen LogP contribution in [0.2, 0.25) is 0 Å². The first kappa shape index (κ1) is 53.9. The van der Waals surface area contributed by atoms with E-state index in [-0.39, 0.29) is 31.1 Å². The predicted molar refractivity (Wildman–Crippen MR) is 242 cm³/mol. The molecule has 0 spiro atoms. The van der Waals surface area contributed by atoms with Crippen LogP contribution in [0.1, 0.15) is 213 Å². The van der Waals surface area contributed by atoms with Gasteiger partial charge in [-0.1, -0.05) is 184 Å². The first-order chi connectivity index (χ1) is 28.0. The van der Waals surface area contributed by atoms with Crippen molar-refractivity contribution in [2.75, 3.05) is 13.2 Å². The van der Waals surface area contributed by atoms with Crippen molar-refractivity contribution in [3.05, 3.63) is 72.9 Å². The molecule has 326 valence electrons. The monoisotopic (exact) mass is 795 g/mol. The van der Waals surface area contributed by atoms with Gasteiger partial charge in [0, 0.05) is 19.3 Å². The summed E-state index contributed by atoms with van der Waals surface area (Å²) in [6.07, 6.45) is 56.0. The summed E-state index contributed by atoms with van der Waals surface area (Å²) in [4.78, 5) is 37.7. The van der Waals surface area contributed by atoms with Crippen molar-refractivity contribution in [2.45, 2.75) is 219 Å². The van der Waals surface area contributed by atoms with E-state index in [2.05, 4.69) is 87.6 Å². The highest BCUT2D eigenvalue weighted by Gasteiger charge is 2.19. The maximum absolute atomic E-state index is 12.7. The Balaban J connectivity index is 4.45. The molecule has 6 heteroatoms. The second-order valence-corrected chi connectivity index (χ2v) is 15.4. The Kier molecular flexibility index (Phi) is 43.0. The molecule has 0 bridgehead atoms. The van der Waals surface area contributed by atoms with Crippen LogP contribution in [0.4, 0.5) is 0 Å². The molecule has 0 aromatic carbocycles. The Morgan fingerprint density at radius 1 is 0.368 bits per heavy atom. The second-order valence-electron chi connectivity index (χ2n) is 15.4. The topological polar surface area (TPSA) is 78.9 Å². The zero-order valence-corrected chi connectivity index (χ0v) is 37.1. The number of unbranched alkanes of at least 4 members (excludes halogenated alkanes) is 21. The number of allylic oxidation sites excluding steroid dienone is 12. The molecule has 0 saturated heterocycles. The minimum atomic E-state index is -0.799. The lowest BCUT2D eigenvalue weighted by molar-refractivity contribution is -0.167. The van der Waals surface area contributed by atoms with Gasteiger partial charge < -0.3 is 14.2 Å². The van der Waals surface area contributed by atoms with Crippen LogP contribution < -0.4 is 0 Å². The van der Waals surface area contributed by atoms with Gasteiger partial charge in [-0.25, -0.2) is 0 Å². The Hall–Kier alpha value is -3.15.